The average molecular weight is 394 g/mol. The third kappa shape index (κ3) is 4.75. The van der Waals surface area contributed by atoms with Gasteiger partial charge in [-0.15, -0.1) is 0 Å². The fraction of sp³-hybridized carbons (Fsp3) is 0.364. The highest BCUT2D eigenvalue weighted by Crippen LogP contribution is 2.23. The number of carbonyl (C=O) groups is 1. The molecule has 0 radical (unpaired) electrons. The van der Waals surface area contributed by atoms with Crippen molar-refractivity contribution in [2.24, 2.45) is 0 Å². The summed E-state index contributed by atoms with van der Waals surface area (Å²) >= 11 is 0. The summed E-state index contributed by atoms with van der Waals surface area (Å²) in [6, 6.07) is 13.3. The molecule has 1 fully saturated rings. The topological polar surface area (TPSA) is 72.5 Å². The van der Waals surface area contributed by atoms with Crippen molar-refractivity contribution in [1.29, 1.82) is 0 Å². The Morgan fingerprint density at radius 3 is 2.79 bits per heavy atom. The van der Waals surface area contributed by atoms with Crippen LogP contribution in [0, 0.1) is 0 Å². The van der Waals surface area contributed by atoms with Crippen LogP contribution in [0.15, 0.2) is 59.3 Å². The second-order valence-electron chi connectivity index (χ2n) is 7.27. The first-order chi connectivity index (χ1) is 14.2. The van der Waals surface area contributed by atoms with Gasteiger partial charge in [-0.3, -0.25) is 9.69 Å². The maximum atomic E-state index is 13.0. The lowest BCUT2D eigenvalue weighted by atomic mass is 10.0. The number of anilines is 1. The summed E-state index contributed by atoms with van der Waals surface area (Å²) in [6.45, 7) is 1.97. The zero-order valence-corrected chi connectivity index (χ0v) is 16.6. The van der Waals surface area contributed by atoms with Crippen molar-refractivity contribution >= 4 is 11.6 Å². The summed E-state index contributed by atoms with van der Waals surface area (Å²) in [5, 5.41) is 7.28. The van der Waals surface area contributed by atoms with Gasteiger partial charge in [-0.25, -0.2) is 4.68 Å². The Bertz CT molecular complexity index is 918. The second kappa shape index (κ2) is 9.07. The van der Waals surface area contributed by atoms with E-state index in [9.17, 15) is 4.79 Å². The lowest BCUT2D eigenvalue weighted by Gasteiger charge is -2.34. The molecule has 7 heteroatoms. The van der Waals surface area contributed by atoms with Crippen molar-refractivity contribution in [1.82, 2.24) is 14.7 Å². The van der Waals surface area contributed by atoms with Crippen LogP contribution in [0.25, 0.3) is 5.69 Å². The number of hydrogen-bond donors (Lipinski definition) is 1. The van der Waals surface area contributed by atoms with Gasteiger partial charge < -0.3 is 14.5 Å². The molecule has 1 N–H and O–H groups in total. The molecule has 1 atom stereocenters. The molecule has 0 spiro atoms. The smallest absolute Gasteiger partial charge is 0.241 e. The van der Waals surface area contributed by atoms with E-state index in [4.69, 9.17) is 9.15 Å². The first-order valence-corrected chi connectivity index (χ1v) is 9.94. The molecular formula is C22H26N4O3. The van der Waals surface area contributed by atoms with Gasteiger partial charge in [0.15, 0.2) is 0 Å². The molecule has 2 aromatic heterocycles. The van der Waals surface area contributed by atoms with Crippen LogP contribution in [0.5, 0.6) is 0 Å². The third-order valence-electron chi connectivity index (χ3n) is 5.18. The molecule has 1 amide bonds. The maximum absolute atomic E-state index is 13.0. The van der Waals surface area contributed by atoms with Crippen LogP contribution >= 0.6 is 0 Å². The summed E-state index contributed by atoms with van der Waals surface area (Å²) in [4.78, 5) is 15.2. The van der Waals surface area contributed by atoms with Gasteiger partial charge in [0.05, 0.1) is 18.3 Å². The van der Waals surface area contributed by atoms with Crippen LogP contribution in [0.3, 0.4) is 0 Å². The largest absolute Gasteiger partial charge is 0.462 e. The van der Waals surface area contributed by atoms with E-state index in [2.05, 4.69) is 15.3 Å². The number of hydrogen-bond acceptors (Lipinski definition) is 5. The monoisotopic (exact) mass is 394 g/mol. The second-order valence-corrected chi connectivity index (χ2v) is 7.27. The number of methoxy groups -OCH3 is 1. The van der Waals surface area contributed by atoms with Crippen molar-refractivity contribution < 1.29 is 13.9 Å². The Labute approximate surface area is 170 Å². The van der Waals surface area contributed by atoms with E-state index < -0.39 is 0 Å². The number of furan rings is 1. The lowest BCUT2D eigenvalue weighted by Crippen LogP contribution is -2.46. The van der Waals surface area contributed by atoms with Crippen LogP contribution in [0.4, 0.5) is 5.69 Å². The molecule has 152 valence electrons. The van der Waals surface area contributed by atoms with Gasteiger partial charge in [-0.2, -0.15) is 5.10 Å². The zero-order chi connectivity index (χ0) is 20.1. The maximum Gasteiger partial charge on any atom is 0.241 e. The van der Waals surface area contributed by atoms with Crippen LogP contribution in [0.2, 0.25) is 0 Å². The van der Waals surface area contributed by atoms with E-state index in [0.717, 1.165) is 48.7 Å². The predicted molar refractivity (Wildman–Crippen MR) is 110 cm³/mol. The summed E-state index contributed by atoms with van der Waals surface area (Å²) < 4.78 is 12.7. The third-order valence-corrected chi connectivity index (χ3v) is 5.18. The van der Waals surface area contributed by atoms with Crippen molar-refractivity contribution in [3.8, 4) is 5.69 Å². The van der Waals surface area contributed by atoms with E-state index in [-0.39, 0.29) is 11.9 Å². The molecule has 1 unspecified atom stereocenters. The number of piperidine rings is 1. The van der Waals surface area contributed by atoms with Gasteiger partial charge in [0, 0.05) is 25.2 Å². The highest BCUT2D eigenvalue weighted by molar-refractivity contribution is 5.94. The number of rotatable bonds is 7. The molecular weight excluding hydrogens is 368 g/mol. The Balaban J connectivity index is 1.40. The number of aromatic nitrogens is 2. The van der Waals surface area contributed by atoms with Gasteiger partial charge in [0.25, 0.3) is 0 Å². The van der Waals surface area contributed by atoms with Crippen LogP contribution in [-0.4, -0.2) is 40.3 Å². The molecule has 1 aliphatic rings. The summed E-state index contributed by atoms with van der Waals surface area (Å²) in [5.74, 6) is 1.69. The lowest BCUT2D eigenvalue weighted by molar-refractivity contribution is -0.122. The van der Waals surface area contributed by atoms with Crippen molar-refractivity contribution in [3.05, 3.63) is 66.4 Å². The standard InChI is InChI=1S/C22H26N4O3/c1-28-16-20-11-10-19(29-20)15-25-13-3-2-5-21(25)22(27)24-17-6-8-18(9-7-17)26-14-4-12-23-26/h4,6-12,14,21H,2-3,5,13,15-16H2,1H3,(H,24,27). The molecule has 7 nitrogen and oxygen atoms in total. The summed E-state index contributed by atoms with van der Waals surface area (Å²) in [6.07, 6.45) is 6.63. The highest BCUT2D eigenvalue weighted by Gasteiger charge is 2.29. The Hall–Kier alpha value is -2.90. The minimum atomic E-state index is -0.162. The number of nitrogens with one attached hydrogen (secondary N) is 1. The zero-order valence-electron chi connectivity index (χ0n) is 16.6. The highest BCUT2D eigenvalue weighted by atomic mass is 16.5. The van der Waals surface area contributed by atoms with E-state index in [0.29, 0.717) is 13.2 Å². The number of likely N-dealkylation sites (tertiary alicyclic amines) is 1. The van der Waals surface area contributed by atoms with Gasteiger partial charge in [0.2, 0.25) is 5.91 Å². The quantitative estimate of drug-likeness (QED) is 0.663. The van der Waals surface area contributed by atoms with Gasteiger partial charge in [-0.1, -0.05) is 6.42 Å². The molecule has 1 aromatic carbocycles. The van der Waals surface area contributed by atoms with Crippen LogP contribution < -0.4 is 5.32 Å². The molecule has 0 bridgehead atoms. The van der Waals surface area contributed by atoms with Crippen LogP contribution in [-0.2, 0) is 22.7 Å². The minimum Gasteiger partial charge on any atom is -0.462 e. The van der Waals surface area contributed by atoms with Gasteiger partial charge in [-0.05, 0) is 61.9 Å². The molecule has 29 heavy (non-hydrogen) atoms. The minimum absolute atomic E-state index is 0.0280. The number of amides is 1. The Morgan fingerprint density at radius 1 is 1.21 bits per heavy atom. The van der Waals surface area contributed by atoms with E-state index >= 15 is 0 Å². The van der Waals surface area contributed by atoms with Crippen molar-refractivity contribution in [2.75, 3.05) is 19.0 Å². The predicted octanol–water partition coefficient (Wildman–Crippen LogP) is 3.60. The SMILES string of the molecule is COCc1ccc(CN2CCCCC2C(=O)Nc2ccc(-n3cccn3)cc2)o1. The number of nitrogens with zero attached hydrogens (tertiary/aromatic N) is 3. The molecule has 0 aliphatic carbocycles. The summed E-state index contributed by atoms with van der Waals surface area (Å²) in [5.41, 5.74) is 1.74. The normalized spacial score (nSPS) is 17.3. The molecule has 1 aliphatic heterocycles. The van der Waals surface area contributed by atoms with E-state index in [1.165, 1.54) is 0 Å². The number of benzene rings is 1. The van der Waals surface area contributed by atoms with Crippen molar-refractivity contribution in [3.63, 3.8) is 0 Å². The van der Waals surface area contributed by atoms with Crippen molar-refractivity contribution in [2.45, 2.75) is 38.5 Å². The molecule has 0 saturated carbocycles. The summed E-state index contributed by atoms with van der Waals surface area (Å²) in [7, 11) is 1.65. The number of ether oxygens (including phenoxy) is 1. The first kappa shape index (κ1) is 19.4. The average Bonchev–Trinajstić information content (AvgIpc) is 3.42. The van der Waals surface area contributed by atoms with E-state index in [1.54, 1.807) is 18.0 Å². The Kier molecular flexibility index (Phi) is 6.07. The molecule has 4 rings (SSSR count). The van der Waals surface area contributed by atoms with E-state index in [1.807, 2.05) is 48.7 Å². The molecule has 1 saturated heterocycles. The molecule has 3 aromatic rings. The fourth-order valence-electron chi connectivity index (χ4n) is 3.75. The Morgan fingerprint density at radius 2 is 2.03 bits per heavy atom. The molecule has 3 heterocycles. The number of carbonyl (C=O) groups excluding carboxylic acids is 1. The van der Waals surface area contributed by atoms with Gasteiger partial charge >= 0.3 is 0 Å². The first-order valence-electron chi connectivity index (χ1n) is 9.94. The fourth-order valence-corrected chi connectivity index (χ4v) is 3.75. The van der Waals surface area contributed by atoms with Crippen LogP contribution in [0.1, 0.15) is 30.8 Å². The van der Waals surface area contributed by atoms with Gasteiger partial charge in [0.1, 0.15) is 18.1 Å².